The second kappa shape index (κ2) is 7.09. The van der Waals surface area contributed by atoms with Gasteiger partial charge in [0, 0.05) is 19.2 Å². The maximum absolute atomic E-state index is 12.0. The van der Waals surface area contributed by atoms with E-state index in [1.165, 1.54) is 14.2 Å². The van der Waals surface area contributed by atoms with Gasteiger partial charge in [-0.1, -0.05) is 11.6 Å². The van der Waals surface area contributed by atoms with Crippen molar-refractivity contribution in [2.75, 3.05) is 32.6 Å². The molecule has 0 fully saturated rings. The molecule has 19 heavy (non-hydrogen) atoms. The van der Waals surface area contributed by atoms with E-state index < -0.39 is 0 Å². The first-order chi connectivity index (χ1) is 9.07. The first kappa shape index (κ1) is 15.4. The Bertz CT molecular complexity index is 448. The molecule has 0 spiro atoms. The number of ether oxygens (including phenoxy) is 2. The van der Waals surface area contributed by atoms with Crippen LogP contribution in [0.1, 0.15) is 13.8 Å². The van der Waals surface area contributed by atoms with Crippen molar-refractivity contribution in [2.45, 2.75) is 13.8 Å². The Morgan fingerprint density at radius 2 is 1.79 bits per heavy atom. The largest absolute Gasteiger partial charge is 0.495 e. The molecule has 0 unspecified atom stereocenters. The fraction of sp³-hybridized carbons (Fsp3) is 0.462. The maximum Gasteiger partial charge on any atom is 0.321 e. The van der Waals surface area contributed by atoms with Crippen LogP contribution < -0.4 is 14.8 Å². The zero-order valence-electron chi connectivity index (χ0n) is 11.6. The molecule has 0 aliphatic heterocycles. The van der Waals surface area contributed by atoms with Gasteiger partial charge in [0.05, 0.1) is 24.9 Å². The first-order valence-corrected chi connectivity index (χ1v) is 6.42. The van der Waals surface area contributed by atoms with Crippen LogP contribution in [-0.2, 0) is 0 Å². The number of benzene rings is 1. The van der Waals surface area contributed by atoms with Gasteiger partial charge in [0.1, 0.15) is 11.5 Å². The highest BCUT2D eigenvalue weighted by Crippen LogP contribution is 2.35. The number of carbonyl (C=O) groups is 1. The Morgan fingerprint density at radius 1 is 1.21 bits per heavy atom. The van der Waals surface area contributed by atoms with E-state index in [1.807, 2.05) is 13.8 Å². The summed E-state index contributed by atoms with van der Waals surface area (Å²) >= 11 is 6.04. The van der Waals surface area contributed by atoms with Crippen LogP contribution in [0.5, 0.6) is 11.5 Å². The van der Waals surface area contributed by atoms with Gasteiger partial charge in [0.2, 0.25) is 0 Å². The van der Waals surface area contributed by atoms with Gasteiger partial charge in [-0.25, -0.2) is 4.79 Å². The Hall–Kier alpha value is -1.62. The fourth-order valence-electron chi connectivity index (χ4n) is 1.66. The minimum Gasteiger partial charge on any atom is -0.495 e. The van der Waals surface area contributed by atoms with Crippen LogP contribution in [-0.4, -0.2) is 38.2 Å². The summed E-state index contributed by atoms with van der Waals surface area (Å²) in [6, 6.07) is 3.06. The quantitative estimate of drug-likeness (QED) is 0.904. The van der Waals surface area contributed by atoms with Gasteiger partial charge >= 0.3 is 6.03 Å². The van der Waals surface area contributed by atoms with Crippen molar-refractivity contribution in [1.29, 1.82) is 0 Å². The highest BCUT2D eigenvalue weighted by molar-refractivity contribution is 6.32. The molecule has 0 aliphatic rings. The van der Waals surface area contributed by atoms with E-state index in [0.717, 1.165) is 0 Å². The summed E-state index contributed by atoms with van der Waals surface area (Å²) in [5, 5.41) is 3.19. The predicted molar refractivity (Wildman–Crippen MR) is 76.5 cm³/mol. The van der Waals surface area contributed by atoms with Crippen molar-refractivity contribution >= 4 is 23.3 Å². The number of urea groups is 1. The first-order valence-electron chi connectivity index (χ1n) is 6.04. The van der Waals surface area contributed by atoms with Gasteiger partial charge in [-0.15, -0.1) is 0 Å². The predicted octanol–water partition coefficient (Wildman–Crippen LogP) is 3.23. The molecule has 1 aromatic rings. The van der Waals surface area contributed by atoms with Crippen LogP contribution in [0.15, 0.2) is 12.1 Å². The molecule has 1 N–H and O–H groups in total. The average Bonchev–Trinajstić information content (AvgIpc) is 2.40. The van der Waals surface area contributed by atoms with Crippen LogP contribution in [0.2, 0.25) is 5.02 Å². The summed E-state index contributed by atoms with van der Waals surface area (Å²) in [4.78, 5) is 13.7. The molecule has 5 nitrogen and oxygen atoms in total. The van der Waals surface area contributed by atoms with Crippen LogP contribution in [0.4, 0.5) is 10.5 Å². The minimum absolute atomic E-state index is 0.190. The van der Waals surface area contributed by atoms with Gasteiger partial charge in [0.15, 0.2) is 0 Å². The Labute approximate surface area is 118 Å². The standard InChI is InChI=1S/C13H19ClN2O3/c1-5-16(6-2)13(17)15-10-7-9(14)11(18-3)8-12(10)19-4/h7-8H,5-6H2,1-4H3,(H,15,17). The lowest BCUT2D eigenvalue weighted by atomic mass is 10.2. The normalized spacial score (nSPS) is 9.95. The van der Waals surface area contributed by atoms with Gasteiger partial charge < -0.3 is 19.7 Å². The van der Waals surface area contributed by atoms with Crippen LogP contribution >= 0.6 is 11.6 Å². The summed E-state index contributed by atoms with van der Waals surface area (Å²) in [6.07, 6.45) is 0. The zero-order chi connectivity index (χ0) is 14.4. The highest BCUT2D eigenvalue weighted by Gasteiger charge is 2.15. The number of anilines is 1. The molecule has 0 radical (unpaired) electrons. The molecule has 106 valence electrons. The summed E-state index contributed by atoms with van der Waals surface area (Å²) in [7, 11) is 3.05. The van der Waals surface area contributed by atoms with E-state index in [9.17, 15) is 4.79 Å². The number of nitrogens with zero attached hydrogens (tertiary/aromatic N) is 1. The Balaban J connectivity index is 3.00. The number of amides is 2. The molecular weight excluding hydrogens is 268 g/mol. The maximum atomic E-state index is 12.0. The van der Waals surface area contributed by atoms with E-state index in [1.54, 1.807) is 17.0 Å². The van der Waals surface area contributed by atoms with Gasteiger partial charge in [-0.05, 0) is 19.9 Å². The topological polar surface area (TPSA) is 50.8 Å². The number of halogens is 1. The molecular formula is C13H19ClN2O3. The van der Waals surface area contributed by atoms with Gasteiger partial charge in [-0.2, -0.15) is 0 Å². The fourth-order valence-corrected chi connectivity index (χ4v) is 1.90. The smallest absolute Gasteiger partial charge is 0.321 e. The summed E-state index contributed by atoms with van der Waals surface area (Å²) in [6.45, 7) is 5.10. The van der Waals surface area contributed by atoms with Crippen molar-refractivity contribution < 1.29 is 14.3 Å². The second-order valence-corrected chi connectivity index (χ2v) is 4.20. The van der Waals surface area contributed by atoms with Crippen molar-refractivity contribution in [3.8, 4) is 11.5 Å². The number of rotatable bonds is 5. The lowest BCUT2D eigenvalue weighted by molar-refractivity contribution is 0.217. The monoisotopic (exact) mass is 286 g/mol. The van der Waals surface area contributed by atoms with Crippen molar-refractivity contribution in [3.63, 3.8) is 0 Å². The lowest BCUT2D eigenvalue weighted by Crippen LogP contribution is -2.34. The summed E-state index contributed by atoms with van der Waals surface area (Å²) in [5.74, 6) is 1.00. The molecule has 0 heterocycles. The summed E-state index contributed by atoms with van der Waals surface area (Å²) in [5.41, 5.74) is 0.519. The third-order valence-electron chi connectivity index (χ3n) is 2.77. The van der Waals surface area contributed by atoms with Crippen molar-refractivity contribution in [1.82, 2.24) is 4.90 Å². The zero-order valence-corrected chi connectivity index (χ0v) is 12.4. The number of hydrogen-bond donors (Lipinski definition) is 1. The molecule has 0 atom stereocenters. The molecule has 0 bridgehead atoms. The second-order valence-electron chi connectivity index (χ2n) is 3.79. The number of carbonyl (C=O) groups excluding carboxylic acids is 1. The van der Waals surface area contributed by atoms with E-state index in [-0.39, 0.29) is 6.03 Å². The molecule has 0 aliphatic carbocycles. The summed E-state index contributed by atoms with van der Waals surface area (Å²) < 4.78 is 10.3. The Kier molecular flexibility index (Phi) is 5.76. The number of hydrogen-bond acceptors (Lipinski definition) is 3. The molecule has 0 aromatic heterocycles. The molecule has 1 rings (SSSR count). The van der Waals surface area contributed by atoms with E-state index in [0.29, 0.717) is 35.3 Å². The van der Waals surface area contributed by atoms with Crippen LogP contribution in [0, 0.1) is 0 Å². The number of nitrogens with one attached hydrogen (secondary N) is 1. The molecule has 6 heteroatoms. The average molecular weight is 287 g/mol. The van der Waals surface area contributed by atoms with E-state index in [2.05, 4.69) is 5.32 Å². The third kappa shape index (κ3) is 3.67. The van der Waals surface area contributed by atoms with Crippen LogP contribution in [0.25, 0.3) is 0 Å². The van der Waals surface area contributed by atoms with Gasteiger partial charge in [-0.3, -0.25) is 0 Å². The lowest BCUT2D eigenvalue weighted by Gasteiger charge is -2.20. The molecule has 0 saturated heterocycles. The number of methoxy groups -OCH3 is 2. The molecule has 1 aromatic carbocycles. The minimum atomic E-state index is -0.190. The Morgan fingerprint density at radius 3 is 2.26 bits per heavy atom. The van der Waals surface area contributed by atoms with Crippen molar-refractivity contribution in [2.24, 2.45) is 0 Å². The van der Waals surface area contributed by atoms with Gasteiger partial charge in [0.25, 0.3) is 0 Å². The van der Waals surface area contributed by atoms with Crippen molar-refractivity contribution in [3.05, 3.63) is 17.2 Å². The van der Waals surface area contributed by atoms with E-state index in [4.69, 9.17) is 21.1 Å². The SMILES string of the molecule is CCN(CC)C(=O)Nc1cc(Cl)c(OC)cc1OC. The molecule has 2 amide bonds. The molecule has 0 saturated carbocycles. The third-order valence-corrected chi connectivity index (χ3v) is 3.06. The highest BCUT2D eigenvalue weighted by atomic mass is 35.5. The van der Waals surface area contributed by atoms with E-state index >= 15 is 0 Å². The van der Waals surface area contributed by atoms with Crippen LogP contribution in [0.3, 0.4) is 0 Å².